The summed E-state index contributed by atoms with van der Waals surface area (Å²) < 4.78 is 11.2. The summed E-state index contributed by atoms with van der Waals surface area (Å²) in [6.07, 6.45) is 3.08. The third-order valence-corrected chi connectivity index (χ3v) is 6.92. The number of ether oxygens (including phenoxy) is 2. The number of benzene rings is 1. The summed E-state index contributed by atoms with van der Waals surface area (Å²) >= 11 is 1.38. The Labute approximate surface area is 184 Å². The van der Waals surface area contributed by atoms with Crippen LogP contribution in [0.1, 0.15) is 44.2 Å². The van der Waals surface area contributed by atoms with Crippen molar-refractivity contribution in [3.8, 4) is 11.5 Å². The van der Waals surface area contributed by atoms with Gasteiger partial charge < -0.3 is 19.7 Å². The quantitative estimate of drug-likeness (QED) is 0.757. The molecule has 9 nitrogen and oxygen atoms in total. The van der Waals surface area contributed by atoms with Crippen LogP contribution in [0.15, 0.2) is 18.2 Å². The van der Waals surface area contributed by atoms with E-state index in [9.17, 15) is 9.59 Å². The highest BCUT2D eigenvalue weighted by Gasteiger charge is 2.35. The Balaban J connectivity index is 1.27. The number of hydrogen-bond acceptors (Lipinski definition) is 8. The Kier molecular flexibility index (Phi) is 5.39. The number of nitrogens with one attached hydrogen (secondary N) is 1. The topological polar surface area (TPSA) is 96.9 Å². The molecule has 2 amide bonds. The molecule has 0 spiro atoms. The van der Waals surface area contributed by atoms with Crippen molar-refractivity contribution in [1.82, 2.24) is 15.5 Å². The minimum Gasteiger partial charge on any atom is -0.486 e. The Hall–Kier alpha value is -2.88. The van der Waals surface area contributed by atoms with E-state index in [1.54, 1.807) is 4.90 Å². The first kappa shape index (κ1) is 20.0. The number of fused-ring (bicyclic) bond motifs is 1. The van der Waals surface area contributed by atoms with Crippen molar-refractivity contribution in [2.75, 3.05) is 36.1 Å². The lowest BCUT2D eigenvalue weighted by Crippen LogP contribution is -2.44. The molecular formula is C21H25N5O4S. The van der Waals surface area contributed by atoms with Gasteiger partial charge in [0.05, 0.1) is 6.04 Å². The fraction of sp³-hybridized carbons (Fsp3) is 0.524. The number of hydrogen-bond donors (Lipinski definition) is 1. The molecule has 31 heavy (non-hydrogen) atoms. The lowest BCUT2D eigenvalue weighted by atomic mass is 10.1. The van der Waals surface area contributed by atoms with E-state index < -0.39 is 0 Å². The van der Waals surface area contributed by atoms with Gasteiger partial charge in [-0.2, -0.15) is 0 Å². The lowest BCUT2D eigenvalue weighted by Gasteiger charge is -2.25. The van der Waals surface area contributed by atoms with Crippen LogP contribution >= 0.6 is 11.3 Å². The molecular weight excluding hydrogens is 418 g/mol. The average Bonchev–Trinajstić information content (AvgIpc) is 3.53. The number of carbonyl (C=O) groups excluding carboxylic acids is 2. The average molecular weight is 444 g/mol. The lowest BCUT2D eigenvalue weighted by molar-refractivity contribution is -0.122. The second-order valence-electron chi connectivity index (χ2n) is 8.00. The third kappa shape index (κ3) is 3.91. The maximum atomic E-state index is 13.1. The van der Waals surface area contributed by atoms with Gasteiger partial charge >= 0.3 is 0 Å². The van der Waals surface area contributed by atoms with Gasteiger partial charge in [-0.1, -0.05) is 17.4 Å². The number of rotatable bonds is 5. The number of nitrogens with zero attached hydrogens (tertiary/aromatic N) is 4. The predicted molar refractivity (Wildman–Crippen MR) is 116 cm³/mol. The molecule has 164 valence electrons. The summed E-state index contributed by atoms with van der Waals surface area (Å²) in [5.41, 5.74) is 0.966. The molecule has 0 bridgehead atoms. The van der Waals surface area contributed by atoms with E-state index in [1.165, 1.54) is 11.3 Å². The second-order valence-corrected chi connectivity index (χ2v) is 8.94. The first-order chi connectivity index (χ1) is 15.1. The molecule has 1 N–H and O–H groups in total. The smallest absolute Gasteiger partial charge is 0.243 e. The van der Waals surface area contributed by atoms with Gasteiger partial charge in [0.1, 0.15) is 19.3 Å². The molecule has 0 radical (unpaired) electrons. The van der Waals surface area contributed by atoms with Crippen LogP contribution in [-0.2, 0) is 9.59 Å². The molecule has 10 heteroatoms. The molecule has 0 aliphatic carbocycles. The van der Waals surface area contributed by atoms with Crippen LogP contribution in [0.4, 0.5) is 10.3 Å². The summed E-state index contributed by atoms with van der Waals surface area (Å²) in [5, 5.41) is 12.9. The van der Waals surface area contributed by atoms with Crippen molar-refractivity contribution < 1.29 is 19.1 Å². The maximum Gasteiger partial charge on any atom is 0.243 e. The van der Waals surface area contributed by atoms with Gasteiger partial charge in [0.15, 0.2) is 11.5 Å². The van der Waals surface area contributed by atoms with Gasteiger partial charge in [-0.15, -0.1) is 10.2 Å². The fourth-order valence-corrected chi connectivity index (χ4v) is 5.24. The summed E-state index contributed by atoms with van der Waals surface area (Å²) in [6.45, 7) is 4.48. The first-order valence-corrected chi connectivity index (χ1v) is 11.5. The number of aromatic nitrogens is 2. The number of amides is 2. The molecule has 4 heterocycles. The van der Waals surface area contributed by atoms with E-state index in [2.05, 4.69) is 15.5 Å². The molecule has 2 aromatic rings. The first-order valence-electron chi connectivity index (χ1n) is 10.7. The normalized spacial score (nSPS) is 21.5. The molecule has 2 saturated heterocycles. The maximum absolute atomic E-state index is 13.1. The van der Waals surface area contributed by atoms with Crippen LogP contribution in [-0.4, -0.2) is 54.4 Å². The molecule has 1 aromatic carbocycles. The zero-order chi connectivity index (χ0) is 21.4. The van der Waals surface area contributed by atoms with Crippen LogP contribution in [0.3, 0.4) is 0 Å². The monoisotopic (exact) mass is 443 g/mol. The molecule has 0 saturated carbocycles. The van der Waals surface area contributed by atoms with Gasteiger partial charge in [0.25, 0.3) is 0 Å². The minimum atomic E-state index is -0.297. The standard InChI is InChI=1S/C21H25N5O4S/c1-13(14-6-7-16-17(12-14)30-11-10-29-16)22-19(28)15-4-2-8-25(15)20-23-24-21(31-20)26-9-3-5-18(26)27/h6-7,12-13,15H,2-5,8-11H2,1H3,(H,22,28). The molecule has 3 aliphatic rings. The summed E-state index contributed by atoms with van der Waals surface area (Å²) in [5.74, 6) is 1.50. The summed E-state index contributed by atoms with van der Waals surface area (Å²) in [6, 6.07) is 5.30. The van der Waals surface area contributed by atoms with E-state index >= 15 is 0 Å². The fourth-order valence-electron chi connectivity index (χ4n) is 4.27. The van der Waals surface area contributed by atoms with Crippen LogP contribution in [0, 0.1) is 0 Å². The Morgan fingerprint density at radius 3 is 2.77 bits per heavy atom. The van der Waals surface area contributed by atoms with Crippen molar-refractivity contribution in [3.63, 3.8) is 0 Å². The van der Waals surface area contributed by atoms with Crippen molar-refractivity contribution in [3.05, 3.63) is 23.8 Å². The van der Waals surface area contributed by atoms with Crippen LogP contribution in [0.25, 0.3) is 0 Å². The molecule has 2 atom stereocenters. The van der Waals surface area contributed by atoms with Crippen molar-refractivity contribution in [2.45, 2.75) is 44.7 Å². The van der Waals surface area contributed by atoms with Gasteiger partial charge in [-0.05, 0) is 43.9 Å². The van der Waals surface area contributed by atoms with Crippen molar-refractivity contribution in [1.29, 1.82) is 0 Å². The Morgan fingerprint density at radius 2 is 1.97 bits per heavy atom. The zero-order valence-electron chi connectivity index (χ0n) is 17.4. The van der Waals surface area contributed by atoms with Gasteiger partial charge in [-0.25, -0.2) is 0 Å². The van der Waals surface area contributed by atoms with Gasteiger partial charge in [0, 0.05) is 19.5 Å². The molecule has 3 aliphatic heterocycles. The Morgan fingerprint density at radius 1 is 1.16 bits per heavy atom. The Bertz CT molecular complexity index is 996. The van der Waals surface area contributed by atoms with Gasteiger partial charge in [-0.3, -0.25) is 14.5 Å². The highest BCUT2D eigenvalue weighted by molar-refractivity contribution is 7.19. The van der Waals surface area contributed by atoms with Crippen LogP contribution in [0.5, 0.6) is 11.5 Å². The molecule has 5 rings (SSSR count). The van der Waals surface area contributed by atoms with E-state index in [0.717, 1.165) is 37.1 Å². The SMILES string of the molecule is CC(NC(=O)C1CCCN1c1nnc(N2CCCC2=O)s1)c1ccc2c(c1)OCCO2. The molecule has 2 unspecified atom stereocenters. The largest absolute Gasteiger partial charge is 0.486 e. The van der Waals surface area contributed by atoms with E-state index in [0.29, 0.717) is 42.2 Å². The van der Waals surface area contributed by atoms with E-state index in [-0.39, 0.29) is 23.9 Å². The summed E-state index contributed by atoms with van der Waals surface area (Å²) in [7, 11) is 0. The number of carbonyl (C=O) groups is 2. The zero-order valence-corrected chi connectivity index (χ0v) is 18.2. The highest BCUT2D eigenvalue weighted by Crippen LogP contribution is 2.35. The predicted octanol–water partition coefficient (Wildman–Crippen LogP) is 2.28. The molecule has 1 aromatic heterocycles. The molecule has 2 fully saturated rings. The third-order valence-electron chi connectivity index (χ3n) is 5.93. The van der Waals surface area contributed by atoms with Crippen molar-refractivity contribution in [2.24, 2.45) is 0 Å². The van der Waals surface area contributed by atoms with Crippen molar-refractivity contribution >= 4 is 33.4 Å². The van der Waals surface area contributed by atoms with E-state index in [4.69, 9.17) is 9.47 Å². The number of anilines is 2. The van der Waals surface area contributed by atoms with Crippen LogP contribution in [0.2, 0.25) is 0 Å². The minimum absolute atomic E-state index is 0.0334. The van der Waals surface area contributed by atoms with Crippen LogP contribution < -0.4 is 24.6 Å². The van der Waals surface area contributed by atoms with E-state index in [1.807, 2.05) is 30.0 Å². The second kappa shape index (κ2) is 8.33. The van der Waals surface area contributed by atoms with Gasteiger partial charge in [0.2, 0.25) is 22.1 Å². The highest BCUT2D eigenvalue weighted by atomic mass is 32.1. The summed E-state index contributed by atoms with van der Waals surface area (Å²) in [4.78, 5) is 28.8.